The van der Waals surface area contributed by atoms with Crippen LogP contribution in [-0.2, 0) is 11.2 Å². The molecule has 0 aromatic carbocycles. The van der Waals surface area contributed by atoms with E-state index in [-0.39, 0.29) is 6.10 Å². The van der Waals surface area contributed by atoms with Gasteiger partial charge in [0.25, 0.3) is 0 Å². The number of aromatic nitrogens is 4. The van der Waals surface area contributed by atoms with Gasteiger partial charge in [0.15, 0.2) is 0 Å². The summed E-state index contributed by atoms with van der Waals surface area (Å²) in [6.07, 6.45) is 3.81. The maximum atomic E-state index is 5.72. The van der Waals surface area contributed by atoms with E-state index in [1.54, 1.807) is 6.20 Å². The molecule has 0 bridgehead atoms. The van der Waals surface area contributed by atoms with Gasteiger partial charge in [-0.25, -0.2) is 9.97 Å². The van der Waals surface area contributed by atoms with Gasteiger partial charge in [-0.1, -0.05) is 12.1 Å². The van der Waals surface area contributed by atoms with Crippen molar-refractivity contribution in [2.45, 2.75) is 19.4 Å². The molecule has 1 fully saturated rings. The van der Waals surface area contributed by atoms with E-state index in [0.717, 1.165) is 24.3 Å². The van der Waals surface area contributed by atoms with Crippen LogP contribution in [0.2, 0.25) is 0 Å². The van der Waals surface area contributed by atoms with E-state index in [9.17, 15) is 0 Å². The molecule has 0 unspecified atom stereocenters. The fourth-order valence-corrected chi connectivity index (χ4v) is 2.02. The first kappa shape index (κ1) is 12.2. The standard InChI is InChI=1S/C12H15N5O2/c1-2-10-16-12(17-19-10)8-5-14-7-15-11(8)9-6-13-3-4-18-9/h5,7,9,13H,2-4,6H2,1H3/t9-/m0/s1. The second kappa shape index (κ2) is 5.41. The Hall–Kier alpha value is -1.86. The number of hydrogen-bond acceptors (Lipinski definition) is 7. The van der Waals surface area contributed by atoms with Gasteiger partial charge in [0, 0.05) is 25.7 Å². The zero-order chi connectivity index (χ0) is 13.1. The lowest BCUT2D eigenvalue weighted by molar-refractivity contribution is 0.0253. The fourth-order valence-electron chi connectivity index (χ4n) is 2.02. The first-order valence-corrected chi connectivity index (χ1v) is 6.33. The first-order chi connectivity index (χ1) is 9.38. The third-order valence-electron chi connectivity index (χ3n) is 2.99. The molecule has 3 heterocycles. The summed E-state index contributed by atoms with van der Waals surface area (Å²) in [5.41, 5.74) is 1.56. The van der Waals surface area contributed by atoms with Crippen molar-refractivity contribution in [3.63, 3.8) is 0 Å². The lowest BCUT2D eigenvalue weighted by Crippen LogP contribution is -2.34. The highest BCUT2D eigenvalue weighted by Gasteiger charge is 2.23. The average molecular weight is 261 g/mol. The predicted molar refractivity (Wildman–Crippen MR) is 66.3 cm³/mol. The summed E-state index contributed by atoms with van der Waals surface area (Å²) in [5.74, 6) is 1.12. The molecule has 2 aromatic rings. The van der Waals surface area contributed by atoms with Crippen molar-refractivity contribution in [1.29, 1.82) is 0 Å². The van der Waals surface area contributed by atoms with Crippen LogP contribution in [0.5, 0.6) is 0 Å². The van der Waals surface area contributed by atoms with Crippen LogP contribution < -0.4 is 5.32 Å². The Morgan fingerprint density at radius 3 is 3.16 bits per heavy atom. The molecule has 0 aliphatic carbocycles. The molecule has 0 amide bonds. The predicted octanol–water partition coefficient (Wildman–Crippen LogP) is 0.750. The second-order valence-electron chi connectivity index (χ2n) is 4.25. The van der Waals surface area contributed by atoms with Crippen LogP contribution >= 0.6 is 0 Å². The highest BCUT2D eigenvalue weighted by atomic mass is 16.5. The Kier molecular flexibility index (Phi) is 3.47. The van der Waals surface area contributed by atoms with Gasteiger partial charge in [-0.2, -0.15) is 4.98 Å². The highest BCUT2D eigenvalue weighted by Crippen LogP contribution is 2.26. The minimum absolute atomic E-state index is 0.102. The summed E-state index contributed by atoms with van der Waals surface area (Å²) in [7, 11) is 0. The molecule has 2 aromatic heterocycles. The number of rotatable bonds is 3. The minimum atomic E-state index is -0.102. The molecule has 19 heavy (non-hydrogen) atoms. The molecule has 7 nitrogen and oxygen atoms in total. The van der Waals surface area contributed by atoms with Crippen LogP contribution in [0.4, 0.5) is 0 Å². The van der Waals surface area contributed by atoms with E-state index < -0.39 is 0 Å². The Morgan fingerprint density at radius 1 is 1.47 bits per heavy atom. The van der Waals surface area contributed by atoms with Crippen molar-refractivity contribution in [3.05, 3.63) is 24.1 Å². The summed E-state index contributed by atoms with van der Waals surface area (Å²) >= 11 is 0. The molecule has 100 valence electrons. The lowest BCUT2D eigenvalue weighted by Gasteiger charge is -2.23. The first-order valence-electron chi connectivity index (χ1n) is 6.33. The van der Waals surface area contributed by atoms with Crippen molar-refractivity contribution in [3.8, 4) is 11.4 Å². The Bertz CT molecular complexity index is 551. The van der Waals surface area contributed by atoms with Crippen molar-refractivity contribution in [2.75, 3.05) is 19.7 Å². The fraction of sp³-hybridized carbons (Fsp3) is 0.500. The van der Waals surface area contributed by atoms with E-state index in [2.05, 4.69) is 25.4 Å². The molecule has 7 heteroatoms. The largest absolute Gasteiger partial charge is 0.369 e. The van der Waals surface area contributed by atoms with Crippen molar-refractivity contribution >= 4 is 0 Å². The van der Waals surface area contributed by atoms with Crippen LogP contribution in [0.1, 0.15) is 24.6 Å². The summed E-state index contributed by atoms with van der Waals surface area (Å²) in [5, 5.41) is 7.25. The number of aryl methyl sites for hydroxylation is 1. The number of morpholine rings is 1. The number of hydrogen-bond donors (Lipinski definition) is 1. The maximum absolute atomic E-state index is 5.72. The van der Waals surface area contributed by atoms with E-state index in [4.69, 9.17) is 9.26 Å². The molecule has 3 rings (SSSR count). The zero-order valence-corrected chi connectivity index (χ0v) is 10.7. The van der Waals surface area contributed by atoms with Crippen LogP contribution in [0.3, 0.4) is 0 Å². The molecule has 1 aliphatic rings. The molecular formula is C12H15N5O2. The number of ether oxygens (including phenoxy) is 1. The van der Waals surface area contributed by atoms with Crippen LogP contribution in [-0.4, -0.2) is 39.8 Å². The molecule has 1 N–H and O–H groups in total. The van der Waals surface area contributed by atoms with E-state index in [1.165, 1.54) is 6.33 Å². The van der Waals surface area contributed by atoms with Gasteiger partial charge in [-0.05, 0) is 0 Å². The molecule has 1 saturated heterocycles. The Morgan fingerprint density at radius 2 is 2.42 bits per heavy atom. The number of nitrogens with zero attached hydrogens (tertiary/aromatic N) is 4. The van der Waals surface area contributed by atoms with Crippen LogP contribution in [0.25, 0.3) is 11.4 Å². The van der Waals surface area contributed by atoms with Gasteiger partial charge in [0.05, 0.1) is 17.9 Å². The van der Waals surface area contributed by atoms with Gasteiger partial charge in [-0.15, -0.1) is 0 Å². The van der Waals surface area contributed by atoms with E-state index in [1.807, 2.05) is 6.92 Å². The molecular weight excluding hydrogens is 246 g/mol. The summed E-state index contributed by atoms with van der Waals surface area (Å²) in [6, 6.07) is 0. The maximum Gasteiger partial charge on any atom is 0.226 e. The third-order valence-corrected chi connectivity index (χ3v) is 2.99. The monoisotopic (exact) mass is 261 g/mol. The molecule has 1 atom stereocenters. The van der Waals surface area contributed by atoms with Crippen LogP contribution in [0.15, 0.2) is 17.0 Å². The van der Waals surface area contributed by atoms with Gasteiger partial charge < -0.3 is 14.6 Å². The van der Waals surface area contributed by atoms with Gasteiger partial charge >= 0.3 is 0 Å². The van der Waals surface area contributed by atoms with Gasteiger partial charge in [-0.3, -0.25) is 0 Å². The highest BCUT2D eigenvalue weighted by molar-refractivity contribution is 5.56. The van der Waals surface area contributed by atoms with Gasteiger partial charge in [0.1, 0.15) is 12.4 Å². The summed E-state index contributed by atoms with van der Waals surface area (Å²) in [6.45, 7) is 4.22. The quantitative estimate of drug-likeness (QED) is 0.872. The number of nitrogens with one attached hydrogen (secondary N) is 1. The third kappa shape index (κ3) is 2.47. The van der Waals surface area contributed by atoms with Crippen LogP contribution in [0, 0.1) is 0 Å². The topological polar surface area (TPSA) is 86.0 Å². The minimum Gasteiger partial charge on any atom is -0.369 e. The molecule has 0 radical (unpaired) electrons. The van der Waals surface area contributed by atoms with Crippen molar-refractivity contribution in [2.24, 2.45) is 0 Å². The zero-order valence-electron chi connectivity index (χ0n) is 10.7. The van der Waals surface area contributed by atoms with E-state index in [0.29, 0.717) is 24.7 Å². The van der Waals surface area contributed by atoms with E-state index >= 15 is 0 Å². The van der Waals surface area contributed by atoms with Gasteiger partial charge in [0.2, 0.25) is 11.7 Å². The normalized spacial score (nSPS) is 19.5. The average Bonchev–Trinajstić information content (AvgIpc) is 2.97. The SMILES string of the molecule is CCc1nc(-c2cncnc2[C@@H]2CNCCO2)no1. The van der Waals surface area contributed by atoms with Crippen molar-refractivity contribution in [1.82, 2.24) is 25.4 Å². The Labute approximate surface area is 110 Å². The van der Waals surface area contributed by atoms with Crippen molar-refractivity contribution < 1.29 is 9.26 Å². The molecule has 0 spiro atoms. The molecule has 0 saturated carbocycles. The smallest absolute Gasteiger partial charge is 0.226 e. The summed E-state index contributed by atoms with van der Waals surface area (Å²) < 4.78 is 10.9. The molecule has 1 aliphatic heterocycles. The second-order valence-corrected chi connectivity index (χ2v) is 4.25. The summed E-state index contributed by atoms with van der Waals surface area (Å²) in [4.78, 5) is 12.7. The Balaban J connectivity index is 1.96. The lowest BCUT2D eigenvalue weighted by atomic mass is 10.1.